The van der Waals surface area contributed by atoms with Crippen LogP contribution in [0.15, 0.2) is 109 Å². The number of allylic oxidation sites excluding steroid dienone is 4. The zero-order chi connectivity index (χ0) is 41.4. The van der Waals surface area contributed by atoms with Crippen molar-refractivity contribution in [1.29, 1.82) is 0 Å². The molecule has 4 aromatic rings. The van der Waals surface area contributed by atoms with Gasteiger partial charge in [-0.2, -0.15) is 0 Å². The molecular formula is C51H57NO7. The van der Waals surface area contributed by atoms with Crippen molar-refractivity contribution in [3.63, 3.8) is 0 Å². The highest BCUT2D eigenvalue weighted by Crippen LogP contribution is 2.78. The molecule has 0 aromatic heterocycles. The summed E-state index contributed by atoms with van der Waals surface area (Å²) in [6, 6.07) is 27.4. The molecular weight excluding hydrogens is 739 g/mol. The Morgan fingerprint density at radius 3 is 2.25 bits per heavy atom. The van der Waals surface area contributed by atoms with Crippen LogP contribution in [0.1, 0.15) is 80.3 Å². The van der Waals surface area contributed by atoms with Crippen LogP contribution >= 0.6 is 0 Å². The summed E-state index contributed by atoms with van der Waals surface area (Å²) in [6.07, 6.45) is 11.7. The Kier molecular flexibility index (Phi) is 9.63. The minimum absolute atomic E-state index is 0.00543. The molecule has 8 atom stereocenters. The van der Waals surface area contributed by atoms with Crippen LogP contribution < -0.4 is 14.2 Å². The zero-order valence-corrected chi connectivity index (χ0v) is 35.0. The zero-order valence-electron chi connectivity index (χ0n) is 35.0. The van der Waals surface area contributed by atoms with E-state index in [4.69, 9.17) is 14.2 Å². The number of methoxy groups -OCH3 is 3. The predicted molar refractivity (Wildman–Crippen MR) is 228 cm³/mol. The molecule has 0 aliphatic heterocycles. The molecule has 8 nitrogen and oxygen atoms in total. The van der Waals surface area contributed by atoms with Crippen molar-refractivity contribution >= 4 is 22.5 Å². The Bertz CT molecular complexity index is 2360. The van der Waals surface area contributed by atoms with Gasteiger partial charge >= 0.3 is 0 Å². The summed E-state index contributed by atoms with van der Waals surface area (Å²) in [5, 5.41) is 26.7. The highest BCUT2D eigenvalue weighted by molar-refractivity contribution is 6.10. The first-order chi connectivity index (χ1) is 28.3. The van der Waals surface area contributed by atoms with E-state index in [9.17, 15) is 15.0 Å². The van der Waals surface area contributed by atoms with Crippen molar-refractivity contribution in [2.45, 2.75) is 83.5 Å². The minimum atomic E-state index is -1.23. The average molecular weight is 796 g/mol. The summed E-state index contributed by atoms with van der Waals surface area (Å²) in [5.41, 5.74) is 0.206. The highest BCUT2D eigenvalue weighted by atomic mass is 16.5. The average Bonchev–Trinajstić information content (AvgIpc) is 3.52. The lowest BCUT2D eigenvalue weighted by Gasteiger charge is -2.71. The van der Waals surface area contributed by atoms with E-state index in [0.717, 1.165) is 59.6 Å². The molecule has 1 amide bonds. The molecule has 10 rings (SSSR count). The molecule has 8 heteroatoms. The maximum absolute atomic E-state index is 15.0. The summed E-state index contributed by atoms with van der Waals surface area (Å²) >= 11 is 0. The molecule has 3 fully saturated rings. The third kappa shape index (κ3) is 5.91. The normalized spacial score (nSPS) is 32.7. The summed E-state index contributed by atoms with van der Waals surface area (Å²) in [4.78, 5) is 31.7. The van der Waals surface area contributed by atoms with Gasteiger partial charge in [-0.15, -0.1) is 0 Å². The molecule has 2 bridgehead atoms. The van der Waals surface area contributed by atoms with E-state index in [0.29, 0.717) is 42.2 Å². The molecule has 6 aliphatic carbocycles. The Labute approximate surface area is 347 Å². The van der Waals surface area contributed by atoms with Crippen LogP contribution in [-0.2, 0) is 17.8 Å². The minimum Gasteiger partial charge on any atom is -0.497 e. The number of nitrogens with zero attached hydrogens (tertiary/aromatic N) is 1. The molecule has 2 spiro atoms. The highest BCUT2D eigenvalue weighted by Gasteiger charge is 2.74. The van der Waals surface area contributed by atoms with Crippen LogP contribution in [0, 0.1) is 33.5 Å². The van der Waals surface area contributed by atoms with E-state index in [-0.39, 0.29) is 41.9 Å². The first-order valence-electron chi connectivity index (χ1n) is 21.3. The second kappa shape index (κ2) is 14.4. The molecule has 0 heterocycles. The lowest BCUT2D eigenvalue weighted by atomic mass is 9.32. The molecule has 8 unspecified atom stereocenters. The number of aliphatic hydroxyl groups is 2. The van der Waals surface area contributed by atoms with Crippen LogP contribution in [0.4, 0.5) is 0 Å². The third-order valence-electron chi connectivity index (χ3n) is 16.2. The number of carbonyl (C=O) groups is 2. The van der Waals surface area contributed by atoms with E-state index < -0.39 is 27.9 Å². The smallest absolute Gasteiger partial charge is 0.227 e. The van der Waals surface area contributed by atoms with Gasteiger partial charge in [-0.25, -0.2) is 0 Å². The number of aliphatic hydroxyl groups excluding tert-OH is 1. The first-order valence-corrected chi connectivity index (χ1v) is 21.3. The monoisotopic (exact) mass is 795 g/mol. The molecule has 59 heavy (non-hydrogen) atoms. The second-order valence-electron chi connectivity index (χ2n) is 18.6. The first kappa shape index (κ1) is 39.5. The van der Waals surface area contributed by atoms with Crippen LogP contribution in [0.25, 0.3) is 10.8 Å². The van der Waals surface area contributed by atoms with E-state index in [1.165, 1.54) is 0 Å². The lowest BCUT2D eigenvalue weighted by Crippen LogP contribution is -2.67. The van der Waals surface area contributed by atoms with E-state index in [1.807, 2.05) is 65.6 Å². The van der Waals surface area contributed by atoms with Gasteiger partial charge in [0, 0.05) is 33.9 Å². The lowest BCUT2D eigenvalue weighted by molar-refractivity contribution is -0.178. The van der Waals surface area contributed by atoms with Gasteiger partial charge in [0.1, 0.15) is 5.75 Å². The van der Waals surface area contributed by atoms with Crippen LogP contribution in [0.3, 0.4) is 0 Å². The summed E-state index contributed by atoms with van der Waals surface area (Å²) < 4.78 is 16.5. The third-order valence-corrected chi connectivity index (χ3v) is 16.2. The standard InChI is InChI=1S/C51H57NO7/c1-47-22-19-37(53)29-49(47)25-26-51(40(30-49)46(55)35-14-16-38(57-3)17-15-35)43(47)20-23-48(2)44(51)21-24-50(48,56)32-52(31-36-11-8-10-34-9-6-7-12-39(34)36)45(54)28-33-13-18-41(58-4)42(27-33)59-5/h6-18,25-27,30,37,43-44,53,56H,19-24,28-29,31-32H2,1-5H3. The summed E-state index contributed by atoms with van der Waals surface area (Å²) in [7, 11) is 4.81. The number of ether oxygens (including phenoxy) is 3. The van der Waals surface area contributed by atoms with Crippen molar-refractivity contribution < 1.29 is 34.0 Å². The fourth-order valence-corrected chi connectivity index (χ4v) is 13.0. The largest absolute Gasteiger partial charge is 0.497 e. The molecule has 2 N–H and O–H groups in total. The van der Waals surface area contributed by atoms with E-state index in [1.54, 1.807) is 21.3 Å². The number of hydrogen-bond donors (Lipinski definition) is 2. The fraction of sp³-hybridized carbons (Fsp3) is 0.451. The maximum Gasteiger partial charge on any atom is 0.227 e. The van der Waals surface area contributed by atoms with Gasteiger partial charge in [0.15, 0.2) is 17.3 Å². The van der Waals surface area contributed by atoms with Gasteiger partial charge in [0.25, 0.3) is 0 Å². The molecule has 308 valence electrons. The fourth-order valence-electron chi connectivity index (χ4n) is 13.0. The van der Waals surface area contributed by atoms with Crippen molar-refractivity contribution in [3.8, 4) is 17.2 Å². The van der Waals surface area contributed by atoms with Gasteiger partial charge in [0.05, 0.1) is 46.0 Å². The molecule has 6 aliphatic rings. The molecule has 0 saturated heterocycles. The second-order valence-corrected chi connectivity index (χ2v) is 18.6. The van der Waals surface area contributed by atoms with Gasteiger partial charge in [-0.3, -0.25) is 9.59 Å². The van der Waals surface area contributed by atoms with E-state index >= 15 is 4.79 Å². The van der Waals surface area contributed by atoms with Crippen LogP contribution in [0.2, 0.25) is 0 Å². The van der Waals surface area contributed by atoms with Crippen LogP contribution in [-0.4, -0.2) is 66.4 Å². The van der Waals surface area contributed by atoms with Crippen molar-refractivity contribution in [2.24, 2.45) is 33.5 Å². The van der Waals surface area contributed by atoms with Crippen molar-refractivity contribution in [2.75, 3.05) is 27.9 Å². The number of ketones is 1. The van der Waals surface area contributed by atoms with Crippen molar-refractivity contribution in [3.05, 3.63) is 125 Å². The SMILES string of the molecule is COc1ccc(C(=O)C2=CC34C=CC25C(CCC2(C)C5CCC2(O)CN(Cc2cccc5ccccc25)C(=O)Cc2ccc(OC)c(OC)c2)C3(C)CCC(O)C4)cc1. The molecule has 0 radical (unpaired) electrons. The number of hydrogen-bond acceptors (Lipinski definition) is 7. The quantitative estimate of drug-likeness (QED) is 0.115. The molecule has 4 aromatic carbocycles. The Hall–Kier alpha value is -4.92. The number of fused-ring (bicyclic) bond motifs is 2. The van der Waals surface area contributed by atoms with Crippen molar-refractivity contribution in [1.82, 2.24) is 4.90 Å². The number of benzene rings is 4. The topological polar surface area (TPSA) is 106 Å². The Morgan fingerprint density at radius 2 is 1.49 bits per heavy atom. The van der Waals surface area contributed by atoms with Gasteiger partial charge in [0.2, 0.25) is 5.91 Å². The van der Waals surface area contributed by atoms with Gasteiger partial charge in [-0.1, -0.05) is 80.6 Å². The molecule has 3 saturated carbocycles. The van der Waals surface area contributed by atoms with Gasteiger partial charge < -0.3 is 29.3 Å². The Morgan fingerprint density at radius 1 is 0.780 bits per heavy atom. The summed E-state index contributed by atoms with van der Waals surface area (Å²) in [5.74, 6) is 1.88. The number of carbonyl (C=O) groups excluding carboxylic acids is 2. The maximum atomic E-state index is 15.0. The predicted octanol–water partition coefficient (Wildman–Crippen LogP) is 8.91. The summed E-state index contributed by atoms with van der Waals surface area (Å²) in [6.45, 7) is 5.14. The number of amides is 1. The Balaban J connectivity index is 1.11. The number of Topliss-reactive ketones (excluding diaryl/α,β-unsaturated/α-hetero) is 1. The number of rotatable bonds is 11. The van der Waals surface area contributed by atoms with Crippen LogP contribution in [0.5, 0.6) is 17.2 Å². The van der Waals surface area contributed by atoms with Gasteiger partial charge in [-0.05, 0) is 120 Å². The van der Waals surface area contributed by atoms with E-state index in [2.05, 4.69) is 56.3 Å².